The number of nitrogens with one attached hydrogen (secondary N) is 5. The van der Waals surface area contributed by atoms with E-state index in [1.807, 2.05) is 52.1 Å². The second kappa shape index (κ2) is 33.4. The molecule has 0 spiro atoms. The van der Waals surface area contributed by atoms with Crippen LogP contribution >= 0.6 is 11.8 Å². The van der Waals surface area contributed by atoms with E-state index < -0.39 is 101 Å². The molecule has 6 N–H and O–H groups in total. The van der Waals surface area contributed by atoms with E-state index in [9.17, 15) is 53.1 Å². The number of thioether (sulfide) groups is 1. The highest BCUT2D eigenvalue weighted by Crippen LogP contribution is 2.25. The molecule has 0 saturated carbocycles. The number of nitrogens with zero attached hydrogens (tertiary/aromatic N) is 6. The summed E-state index contributed by atoms with van der Waals surface area (Å²) in [7, 11) is 7.56. The van der Waals surface area contributed by atoms with Gasteiger partial charge in [0.1, 0.15) is 31.0 Å². The van der Waals surface area contributed by atoms with Gasteiger partial charge in [-0.3, -0.25) is 44.3 Å². The van der Waals surface area contributed by atoms with E-state index in [1.54, 1.807) is 34.6 Å². The van der Waals surface area contributed by atoms with Crippen LogP contribution in [-0.2, 0) is 38.2 Å². The minimum absolute atomic E-state index is 0.0454. The number of ether oxygens (including phenoxy) is 2. The van der Waals surface area contributed by atoms with Crippen molar-refractivity contribution in [2.24, 2.45) is 11.8 Å². The largest absolute Gasteiger partial charge is 0.390 e. The topological polar surface area (TPSA) is 289 Å². The number of urea groups is 4. The standard InChI is InChI=1S/C48H87N11O13S/c1-18-23-24-31(8)37(61)36(55(14)35(60)27-30(6)7)39(63)51-33(19-2)41(65)56(15)43(73-26-25-59(20-3)21-4)42(66)54(13)34(28-48(10,11)72-29-71-22-5)38(62)52-46(69)58(17)47(70)53-44(67)50-32(9)40(64)57(16)45(68)49-12/h18,23,30-34,36-37,43,61H,19-22,24-29H2,1-17H3,(H,49,68)(H,51,63)(H,52,62,69)(H2,50,53,67,70)/b23-18+/t31-,32+,33+,34+,36+,37-,43-/m1/s1. The summed E-state index contributed by atoms with van der Waals surface area (Å²) in [5, 5.41) is 21.4. The fourth-order valence-corrected chi connectivity index (χ4v) is 8.31. The lowest BCUT2D eigenvalue weighted by Crippen LogP contribution is -2.61. The van der Waals surface area contributed by atoms with E-state index in [1.165, 1.54) is 52.0 Å². The molecule has 0 aromatic heterocycles. The quantitative estimate of drug-likeness (QED) is 0.0356. The minimum atomic E-state index is -1.52. The van der Waals surface area contributed by atoms with Crippen molar-refractivity contribution < 1.29 is 62.5 Å². The number of carbonyl (C=O) groups excluding carboxylic acids is 10. The van der Waals surface area contributed by atoms with E-state index in [2.05, 4.69) is 26.2 Å². The Labute approximate surface area is 436 Å². The molecule has 0 aromatic rings. The lowest BCUT2D eigenvalue weighted by atomic mass is 9.92. The molecule has 418 valence electrons. The molecule has 0 fully saturated rings. The Bertz CT molecular complexity index is 1890. The number of hydrogen-bond acceptors (Lipinski definition) is 15. The summed E-state index contributed by atoms with van der Waals surface area (Å²) in [4.78, 5) is 142. The Morgan fingerprint density at radius 3 is 1.85 bits per heavy atom. The summed E-state index contributed by atoms with van der Waals surface area (Å²) < 4.78 is 11.3. The first-order valence-corrected chi connectivity index (χ1v) is 25.7. The van der Waals surface area contributed by atoms with Gasteiger partial charge in [-0.25, -0.2) is 24.1 Å². The van der Waals surface area contributed by atoms with Crippen molar-refractivity contribution in [3.05, 3.63) is 12.2 Å². The highest BCUT2D eigenvalue weighted by atomic mass is 32.2. The molecule has 14 amide bonds. The van der Waals surface area contributed by atoms with Crippen LogP contribution in [-0.4, -0.2) is 216 Å². The van der Waals surface area contributed by atoms with Gasteiger partial charge in [-0.15, -0.1) is 11.8 Å². The van der Waals surface area contributed by atoms with Gasteiger partial charge < -0.3 is 50.1 Å². The van der Waals surface area contributed by atoms with Crippen molar-refractivity contribution in [2.45, 2.75) is 143 Å². The molecule has 73 heavy (non-hydrogen) atoms. The first-order chi connectivity index (χ1) is 34.0. The fourth-order valence-electron chi connectivity index (χ4n) is 7.09. The van der Waals surface area contributed by atoms with Crippen LogP contribution in [0.3, 0.4) is 0 Å². The third-order valence-corrected chi connectivity index (χ3v) is 13.2. The van der Waals surface area contributed by atoms with Crippen molar-refractivity contribution in [3.8, 4) is 0 Å². The number of imide groups is 4. The van der Waals surface area contributed by atoms with Crippen LogP contribution < -0.4 is 26.6 Å². The van der Waals surface area contributed by atoms with Crippen molar-refractivity contribution in [1.29, 1.82) is 0 Å². The Morgan fingerprint density at radius 2 is 1.33 bits per heavy atom. The summed E-state index contributed by atoms with van der Waals surface area (Å²) in [5.74, 6) is -4.66. The van der Waals surface area contributed by atoms with E-state index in [4.69, 9.17) is 9.47 Å². The lowest BCUT2D eigenvalue weighted by molar-refractivity contribution is -0.153. The molecule has 0 bridgehead atoms. The number of amides is 14. The molecule has 7 atom stereocenters. The number of aliphatic hydroxyl groups excluding tert-OH is 1. The molecular weight excluding hydrogens is 971 g/mol. The average molecular weight is 1060 g/mol. The van der Waals surface area contributed by atoms with Crippen LogP contribution in [0.15, 0.2) is 12.2 Å². The molecule has 0 rings (SSSR count). The zero-order valence-electron chi connectivity index (χ0n) is 46.3. The number of aliphatic hydroxyl groups is 1. The van der Waals surface area contributed by atoms with Crippen molar-refractivity contribution in [2.75, 3.05) is 81.1 Å². The number of allylic oxidation sites excluding steroid dienone is 2. The summed E-state index contributed by atoms with van der Waals surface area (Å²) in [5.41, 5.74) is -1.20. The lowest BCUT2D eigenvalue weighted by Gasteiger charge is -2.38. The number of carbonyl (C=O) groups is 10. The van der Waals surface area contributed by atoms with Crippen LogP contribution in [0.5, 0.6) is 0 Å². The Balaban J connectivity index is 7.08. The maximum absolute atomic E-state index is 15.0. The second-order valence-electron chi connectivity index (χ2n) is 18.6. The van der Waals surface area contributed by atoms with Crippen LogP contribution in [0.4, 0.5) is 19.2 Å². The molecule has 0 aromatic carbocycles. The van der Waals surface area contributed by atoms with Gasteiger partial charge in [-0.05, 0) is 72.4 Å². The molecule has 0 saturated heterocycles. The summed E-state index contributed by atoms with van der Waals surface area (Å²) in [6.07, 6.45) is 2.64. The Kier molecular flexibility index (Phi) is 31.0. The van der Waals surface area contributed by atoms with Crippen LogP contribution in [0.25, 0.3) is 0 Å². The average Bonchev–Trinajstić information content (AvgIpc) is 3.34. The second-order valence-corrected chi connectivity index (χ2v) is 19.8. The Hall–Kier alpha value is -5.37. The molecule has 0 aliphatic heterocycles. The zero-order valence-corrected chi connectivity index (χ0v) is 47.1. The molecular formula is C48H87N11O13S. The summed E-state index contributed by atoms with van der Waals surface area (Å²) in [6, 6.07) is -10.0. The molecule has 24 nitrogen and oxygen atoms in total. The van der Waals surface area contributed by atoms with Gasteiger partial charge in [0.2, 0.25) is 17.7 Å². The zero-order chi connectivity index (χ0) is 56.5. The van der Waals surface area contributed by atoms with Gasteiger partial charge in [-0.2, -0.15) is 0 Å². The first-order valence-electron chi connectivity index (χ1n) is 24.7. The first kappa shape index (κ1) is 67.6. The normalized spacial score (nSPS) is 14.4. The Morgan fingerprint density at radius 1 is 0.740 bits per heavy atom. The number of hydrogen-bond donors (Lipinski definition) is 6. The van der Waals surface area contributed by atoms with Gasteiger partial charge in [0.15, 0.2) is 5.37 Å². The molecule has 0 aliphatic rings. The van der Waals surface area contributed by atoms with Crippen LogP contribution in [0.1, 0.15) is 102 Å². The van der Waals surface area contributed by atoms with Crippen LogP contribution in [0.2, 0.25) is 0 Å². The van der Waals surface area contributed by atoms with E-state index in [-0.39, 0.29) is 37.9 Å². The van der Waals surface area contributed by atoms with Crippen molar-refractivity contribution >= 4 is 71.3 Å². The molecule has 25 heteroatoms. The van der Waals surface area contributed by atoms with E-state index in [0.29, 0.717) is 48.2 Å². The summed E-state index contributed by atoms with van der Waals surface area (Å²) in [6.45, 7) is 21.2. The highest BCUT2D eigenvalue weighted by Gasteiger charge is 2.42. The molecule has 0 heterocycles. The smallest absolute Gasteiger partial charge is 0.333 e. The number of likely N-dealkylation sites (N-methyl/N-ethyl adjacent to an activating group) is 4. The van der Waals surface area contributed by atoms with Gasteiger partial charge in [0.25, 0.3) is 17.7 Å². The minimum Gasteiger partial charge on any atom is -0.390 e. The maximum atomic E-state index is 15.0. The summed E-state index contributed by atoms with van der Waals surface area (Å²) >= 11 is 1.11. The predicted molar refractivity (Wildman–Crippen MR) is 278 cm³/mol. The SMILES string of the molecule is C/C=C/C[C@@H](C)[C@@H](O)[C@@H](C(=O)N[C@@H](CC)C(=O)N(C)[C@H](SCCN(CC)CC)C(=O)N(C)[C@@H](CC(C)(C)OCOCC)C(=O)NC(=O)N(C)C(=O)NC(=O)N[C@@H](C)C(=O)N(C)C(=O)NC)N(C)C(=O)CC(C)C. The molecule has 0 unspecified atom stereocenters. The molecule has 0 aliphatic carbocycles. The molecule has 0 radical (unpaired) electrons. The van der Waals surface area contributed by atoms with Gasteiger partial charge in [0.05, 0.1) is 11.7 Å². The number of rotatable bonds is 29. The predicted octanol–water partition coefficient (Wildman–Crippen LogP) is 2.36. The highest BCUT2D eigenvalue weighted by molar-refractivity contribution is 8.00. The maximum Gasteiger partial charge on any atom is 0.333 e. The van der Waals surface area contributed by atoms with Crippen LogP contribution in [0, 0.1) is 11.8 Å². The van der Waals surface area contributed by atoms with Crippen molar-refractivity contribution in [3.63, 3.8) is 0 Å². The van der Waals surface area contributed by atoms with E-state index >= 15 is 0 Å². The van der Waals surface area contributed by atoms with Gasteiger partial charge >= 0.3 is 24.1 Å². The monoisotopic (exact) mass is 1060 g/mol. The van der Waals surface area contributed by atoms with Gasteiger partial charge in [-0.1, -0.05) is 53.7 Å². The fraction of sp³-hybridized carbons (Fsp3) is 0.750. The van der Waals surface area contributed by atoms with Gasteiger partial charge in [0, 0.05) is 74.0 Å². The third-order valence-electron chi connectivity index (χ3n) is 12.0. The van der Waals surface area contributed by atoms with E-state index in [0.717, 1.165) is 23.7 Å². The van der Waals surface area contributed by atoms with Crippen molar-refractivity contribution in [1.82, 2.24) is 56.0 Å². The third kappa shape index (κ3) is 22.3.